The summed E-state index contributed by atoms with van der Waals surface area (Å²) in [6, 6.07) is 3.81. The topological polar surface area (TPSA) is 41.4 Å². The molecule has 7 heteroatoms. The Hall–Kier alpha value is -1.37. The van der Waals surface area contributed by atoms with Crippen molar-refractivity contribution >= 4 is 28.8 Å². The minimum absolute atomic E-state index is 0.0646. The van der Waals surface area contributed by atoms with Crippen LogP contribution in [0.15, 0.2) is 23.7 Å². The zero-order valence-electron chi connectivity index (χ0n) is 13.2. The van der Waals surface area contributed by atoms with Crippen molar-refractivity contribution in [3.63, 3.8) is 0 Å². The summed E-state index contributed by atoms with van der Waals surface area (Å²) in [5.41, 5.74) is 1.18. The zero-order chi connectivity index (χ0) is 16.2. The first-order valence-corrected chi connectivity index (χ1v) is 9.14. The molecule has 0 aliphatic carbocycles. The number of hydrogen-bond donors (Lipinski definition) is 0. The summed E-state index contributed by atoms with van der Waals surface area (Å²) in [6.45, 7) is 7.39. The predicted octanol–water partition coefficient (Wildman–Crippen LogP) is 2.75. The van der Waals surface area contributed by atoms with Gasteiger partial charge >= 0.3 is 0 Å². The van der Waals surface area contributed by atoms with Crippen LogP contribution in [0.3, 0.4) is 0 Å². The normalized spacial score (nSPS) is 16.5. The van der Waals surface area contributed by atoms with Crippen molar-refractivity contribution in [3.05, 3.63) is 39.3 Å². The van der Waals surface area contributed by atoms with Crippen molar-refractivity contribution in [2.45, 2.75) is 19.9 Å². The molecular formula is C16H21ClN4OS. The molecule has 2 aromatic heterocycles. The van der Waals surface area contributed by atoms with Crippen molar-refractivity contribution in [1.82, 2.24) is 19.6 Å². The minimum Gasteiger partial charge on any atom is -0.337 e. The molecule has 0 bridgehead atoms. The van der Waals surface area contributed by atoms with Gasteiger partial charge in [0.25, 0.3) is 5.91 Å². The second kappa shape index (κ2) is 7.47. The lowest BCUT2D eigenvalue weighted by atomic mass is 10.3. The number of amides is 1. The number of aryl methyl sites for hydroxylation is 1. The smallest absolute Gasteiger partial charge is 0.265 e. The first kappa shape index (κ1) is 16.5. The Kier molecular flexibility index (Phi) is 5.35. The molecule has 0 aromatic carbocycles. The number of carbonyl (C=O) groups is 1. The molecule has 124 valence electrons. The Balaban J connectivity index is 1.54. The minimum atomic E-state index is 0.0646. The van der Waals surface area contributed by atoms with Crippen LogP contribution in [-0.2, 0) is 6.54 Å². The van der Waals surface area contributed by atoms with Gasteiger partial charge in [-0.1, -0.05) is 11.6 Å². The quantitative estimate of drug-likeness (QED) is 0.849. The third-order valence-electron chi connectivity index (χ3n) is 4.24. The summed E-state index contributed by atoms with van der Waals surface area (Å²) < 4.78 is 2.03. The van der Waals surface area contributed by atoms with Crippen LogP contribution in [0.1, 0.15) is 21.8 Å². The monoisotopic (exact) mass is 352 g/mol. The zero-order valence-corrected chi connectivity index (χ0v) is 14.8. The summed E-state index contributed by atoms with van der Waals surface area (Å²) >= 11 is 7.51. The van der Waals surface area contributed by atoms with Gasteiger partial charge in [-0.15, -0.1) is 11.3 Å². The van der Waals surface area contributed by atoms with Crippen LogP contribution < -0.4 is 0 Å². The van der Waals surface area contributed by atoms with E-state index in [9.17, 15) is 4.79 Å². The first-order valence-electron chi connectivity index (χ1n) is 7.88. The molecule has 0 N–H and O–H groups in total. The molecule has 1 saturated heterocycles. The molecule has 1 amide bonds. The van der Waals surface area contributed by atoms with Gasteiger partial charge in [0.15, 0.2) is 0 Å². The maximum atomic E-state index is 12.5. The standard InChI is InChI=1S/C16H21ClN4OS/c1-13-3-5-18-21(13)11-9-19-6-2-7-20(10-8-19)16(22)15-14(17)4-12-23-15/h3-5,12H,2,6-11H2,1H3. The summed E-state index contributed by atoms with van der Waals surface area (Å²) in [6.07, 6.45) is 2.83. The number of nitrogens with zero attached hydrogens (tertiary/aromatic N) is 4. The van der Waals surface area contributed by atoms with Crippen LogP contribution in [0.4, 0.5) is 0 Å². The van der Waals surface area contributed by atoms with Gasteiger partial charge in [-0.05, 0) is 37.4 Å². The van der Waals surface area contributed by atoms with E-state index < -0.39 is 0 Å². The third-order valence-corrected chi connectivity index (χ3v) is 5.57. The lowest BCUT2D eigenvalue weighted by Crippen LogP contribution is -2.35. The van der Waals surface area contributed by atoms with E-state index in [0.29, 0.717) is 9.90 Å². The average Bonchev–Trinajstić information content (AvgIpc) is 3.06. The van der Waals surface area contributed by atoms with Gasteiger partial charge in [0.05, 0.1) is 11.6 Å². The molecule has 5 nitrogen and oxygen atoms in total. The summed E-state index contributed by atoms with van der Waals surface area (Å²) in [4.78, 5) is 17.5. The Morgan fingerprint density at radius 3 is 2.83 bits per heavy atom. The molecule has 3 heterocycles. The molecule has 0 spiro atoms. The van der Waals surface area contributed by atoms with Crippen LogP contribution >= 0.6 is 22.9 Å². The van der Waals surface area contributed by atoms with E-state index in [1.807, 2.05) is 27.2 Å². The van der Waals surface area contributed by atoms with Crippen molar-refractivity contribution in [3.8, 4) is 0 Å². The molecule has 1 aliphatic heterocycles. The molecule has 23 heavy (non-hydrogen) atoms. The maximum Gasteiger partial charge on any atom is 0.265 e. The number of rotatable bonds is 4. The van der Waals surface area contributed by atoms with Gasteiger partial charge in [-0.3, -0.25) is 14.4 Å². The molecule has 2 aromatic rings. The number of carbonyl (C=O) groups excluding carboxylic acids is 1. The number of halogens is 1. The second-order valence-electron chi connectivity index (χ2n) is 5.78. The first-order chi connectivity index (χ1) is 11.1. The van der Waals surface area contributed by atoms with E-state index in [1.54, 1.807) is 6.07 Å². The van der Waals surface area contributed by atoms with Crippen LogP contribution in [0.2, 0.25) is 5.02 Å². The van der Waals surface area contributed by atoms with Gasteiger partial charge in [0, 0.05) is 38.1 Å². The van der Waals surface area contributed by atoms with E-state index in [0.717, 1.165) is 45.7 Å². The molecule has 1 aliphatic rings. The highest BCUT2D eigenvalue weighted by Crippen LogP contribution is 2.24. The van der Waals surface area contributed by atoms with Gasteiger partial charge < -0.3 is 4.90 Å². The highest BCUT2D eigenvalue weighted by atomic mass is 35.5. The fourth-order valence-electron chi connectivity index (χ4n) is 2.86. The number of hydrogen-bond acceptors (Lipinski definition) is 4. The molecule has 0 radical (unpaired) electrons. The Morgan fingerprint density at radius 2 is 2.13 bits per heavy atom. The fourth-order valence-corrected chi connectivity index (χ4v) is 3.96. The number of thiophene rings is 1. The van der Waals surface area contributed by atoms with E-state index in [-0.39, 0.29) is 5.91 Å². The Morgan fingerprint density at radius 1 is 1.26 bits per heavy atom. The Labute approximate surface area is 145 Å². The summed E-state index contributed by atoms with van der Waals surface area (Å²) in [5, 5.41) is 6.75. The molecule has 3 rings (SSSR count). The average molecular weight is 353 g/mol. The van der Waals surface area contributed by atoms with E-state index in [1.165, 1.54) is 17.0 Å². The van der Waals surface area contributed by atoms with E-state index in [4.69, 9.17) is 11.6 Å². The van der Waals surface area contributed by atoms with Gasteiger partial charge in [-0.25, -0.2) is 0 Å². The Bertz CT molecular complexity index is 669. The van der Waals surface area contributed by atoms with E-state index in [2.05, 4.69) is 16.9 Å². The lowest BCUT2D eigenvalue weighted by molar-refractivity contribution is 0.0766. The molecule has 0 unspecified atom stereocenters. The largest absolute Gasteiger partial charge is 0.337 e. The molecular weight excluding hydrogens is 332 g/mol. The molecule has 1 fully saturated rings. The van der Waals surface area contributed by atoms with E-state index >= 15 is 0 Å². The van der Waals surface area contributed by atoms with Crippen LogP contribution in [0.5, 0.6) is 0 Å². The van der Waals surface area contributed by atoms with Crippen LogP contribution in [-0.4, -0.2) is 58.2 Å². The van der Waals surface area contributed by atoms with Crippen molar-refractivity contribution < 1.29 is 4.79 Å². The maximum absolute atomic E-state index is 12.5. The van der Waals surface area contributed by atoms with Gasteiger partial charge in [0.1, 0.15) is 4.88 Å². The molecule has 0 saturated carbocycles. The highest BCUT2D eigenvalue weighted by molar-refractivity contribution is 7.12. The summed E-state index contributed by atoms with van der Waals surface area (Å²) in [7, 11) is 0. The van der Waals surface area contributed by atoms with Crippen LogP contribution in [0, 0.1) is 6.92 Å². The summed E-state index contributed by atoms with van der Waals surface area (Å²) in [5.74, 6) is 0.0646. The lowest BCUT2D eigenvalue weighted by Gasteiger charge is -2.22. The van der Waals surface area contributed by atoms with Crippen molar-refractivity contribution in [2.24, 2.45) is 0 Å². The number of aromatic nitrogens is 2. The second-order valence-corrected chi connectivity index (χ2v) is 7.10. The van der Waals surface area contributed by atoms with Gasteiger partial charge in [-0.2, -0.15) is 5.10 Å². The van der Waals surface area contributed by atoms with Crippen molar-refractivity contribution in [2.75, 3.05) is 32.7 Å². The predicted molar refractivity (Wildman–Crippen MR) is 93.3 cm³/mol. The highest BCUT2D eigenvalue weighted by Gasteiger charge is 2.22. The third kappa shape index (κ3) is 3.94. The molecule has 0 atom stereocenters. The van der Waals surface area contributed by atoms with Crippen LogP contribution in [0.25, 0.3) is 0 Å². The SMILES string of the molecule is Cc1ccnn1CCN1CCCN(C(=O)c2sccc2Cl)CC1. The van der Waals surface area contributed by atoms with Gasteiger partial charge in [0.2, 0.25) is 0 Å². The van der Waals surface area contributed by atoms with Crippen molar-refractivity contribution in [1.29, 1.82) is 0 Å². The fraction of sp³-hybridized carbons (Fsp3) is 0.500.